The van der Waals surface area contributed by atoms with E-state index in [0.29, 0.717) is 6.54 Å². The van der Waals surface area contributed by atoms with Crippen molar-refractivity contribution in [1.29, 1.82) is 0 Å². The highest BCUT2D eigenvalue weighted by molar-refractivity contribution is 9.10. The van der Waals surface area contributed by atoms with Crippen LogP contribution in [0.15, 0.2) is 32.5 Å². The second-order valence-corrected chi connectivity index (χ2v) is 5.78. The standard InChI is InChI=1S/C11H9BrClNO2S/c1-14(5-8-4-7(12)6-17-8)11(15)9-2-3-10(13)16-9/h2-4,6H,5H2,1H3. The van der Waals surface area contributed by atoms with Crippen LogP contribution in [-0.2, 0) is 6.54 Å². The molecular weight excluding hydrogens is 326 g/mol. The molecule has 0 aliphatic carbocycles. The molecule has 2 aromatic rings. The first kappa shape index (κ1) is 12.7. The van der Waals surface area contributed by atoms with Crippen molar-refractivity contribution in [3.8, 4) is 0 Å². The summed E-state index contributed by atoms with van der Waals surface area (Å²) in [5, 5.41) is 2.21. The van der Waals surface area contributed by atoms with Gasteiger partial charge in [0, 0.05) is 21.8 Å². The van der Waals surface area contributed by atoms with Gasteiger partial charge in [-0.05, 0) is 45.7 Å². The molecule has 6 heteroatoms. The second-order valence-electron chi connectivity index (χ2n) is 3.50. The van der Waals surface area contributed by atoms with Crippen molar-refractivity contribution >= 4 is 44.8 Å². The van der Waals surface area contributed by atoms with Gasteiger partial charge >= 0.3 is 0 Å². The minimum Gasteiger partial charge on any atom is -0.440 e. The number of furan rings is 1. The maximum atomic E-state index is 11.9. The highest BCUT2D eigenvalue weighted by atomic mass is 79.9. The van der Waals surface area contributed by atoms with Gasteiger partial charge in [-0.3, -0.25) is 4.79 Å². The highest BCUT2D eigenvalue weighted by Crippen LogP contribution is 2.22. The van der Waals surface area contributed by atoms with E-state index >= 15 is 0 Å². The van der Waals surface area contributed by atoms with Crippen LogP contribution in [-0.4, -0.2) is 17.9 Å². The first-order valence-electron chi connectivity index (χ1n) is 4.80. The van der Waals surface area contributed by atoms with E-state index in [1.165, 1.54) is 0 Å². The predicted molar refractivity (Wildman–Crippen MR) is 71.5 cm³/mol. The fourth-order valence-corrected chi connectivity index (χ4v) is 3.01. The van der Waals surface area contributed by atoms with Gasteiger partial charge in [-0.25, -0.2) is 0 Å². The molecule has 0 saturated carbocycles. The van der Waals surface area contributed by atoms with E-state index in [4.69, 9.17) is 16.0 Å². The Bertz CT molecular complexity index is 537. The molecule has 0 bridgehead atoms. The van der Waals surface area contributed by atoms with E-state index in [0.717, 1.165) is 9.35 Å². The molecule has 0 aliphatic heterocycles. The van der Waals surface area contributed by atoms with Crippen LogP contribution in [0, 0.1) is 0 Å². The summed E-state index contributed by atoms with van der Waals surface area (Å²) >= 11 is 10.6. The number of hydrogen-bond donors (Lipinski definition) is 0. The first-order chi connectivity index (χ1) is 8.06. The SMILES string of the molecule is CN(Cc1cc(Br)cs1)C(=O)c1ccc(Cl)o1. The predicted octanol–water partition coefficient (Wildman–Crippen LogP) is 4.03. The first-order valence-corrected chi connectivity index (χ1v) is 6.85. The van der Waals surface area contributed by atoms with Gasteiger partial charge in [-0.15, -0.1) is 11.3 Å². The zero-order valence-electron chi connectivity index (χ0n) is 8.94. The molecule has 0 fully saturated rings. The summed E-state index contributed by atoms with van der Waals surface area (Å²) in [6.07, 6.45) is 0. The van der Waals surface area contributed by atoms with Crippen molar-refractivity contribution in [2.24, 2.45) is 0 Å². The summed E-state index contributed by atoms with van der Waals surface area (Å²) in [4.78, 5) is 14.6. The highest BCUT2D eigenvalue weighted by Gasteiger charge is 2.16. The number of carbonyl (C=O) groups is 1. The van der Waals surface area contributed by atoms with Crippen molar-refractivity contribution < 1.29 is 9.21 Å². The Morgan fingerprint density at radius 3 is 2.88 bits per heavy atom. The third-order valence-corrected chi connectivity index (χ3v) is 4.03. The van der Waals surface area contributed by atoms with Gasteiger partial charge in [0.05, 0.1) is 6.54 Å². The topological polar surface area (TPSA) is 33.5 Å². The van der Waals surface area contributed by atoms with Crippen LogP contribution in [0.4, 0.5) is 0 Å². The fraction of sp³-hybridized carbons (Fsp3) is 0.182. The van der Waals surface area contributed by atoms with Crippen LogP contribution >= 0.6 is 38.9 Å². The number of nitrogens with zero attached hydrogens (tertiary/aromatic N) is 1. The molecule has 3 nitrogen and oxygen atoms in total. The molecule has 0 radical (unpaired) electrons. The van der Waals surface area contributed by atoms with Crippen LogP contribution in [0.25, 0.3) is 0 Å². The summed E-state index contributed by atoms with van der Waals surface area (Å²) in [6, 6.07) is 5.12. The van der Waals surface area contributed by atoms with Crippen LogP contribution in [0.3, 0.4) is 0 Å². The molecule has 17 heavy (non-hydrogen) atoms. The Hall–Kier alpha value is -0.780. The third-order valence-electron chi connectivity index (χ3n) is 2.15. The Balaban J connectivity index is 2.05. The lowest BCUT2D eigenvalue weighted by atomic mass is 10.3. The average Bonchev–Trinajstić information content (AvgIpc) is 2.87. The number of carbonyl (C=O) groups excluding carboxylic acids is 1. The minimum atomic E-state index is -0.179. The quantitative estimate of drug-likeness (QED) is 0.849. The van der Waals surface area contributed by atoms with E-state index in [1.807, 2.05) is 11.4 Å². The molecule has 0 spiro atoms. The second kappa shape index (κ2) is 5.25. The molecule has 0 N–H and O–H groups in total. The molecule has 2 aromatic heterocycles. The van der Waals surface area contributed by atoms with E-state index in [2.05, 4.69) is 15.9 Å². The zero-order chi connectivity index (χ0) is 12.4. The molecule has 0 aliphatic rings. The fourth-order valence-electron chi connectivity index (χ4n) is 1.36. The molecule has 2 heterocycles. The molecule has 0 saturated heterocycles. The maximum Gasteiger partial charge on any atom is 0.289 e. The molecule has 0 atom stereocenters. The van der Waals surface area contributed by atoms with Gasteiger partial charge < -0.3 is 9.32 Å². The molecule has 0 unspecified atom stereocenters. The van der Waals surface area contributed by atoms with E-state index < -0.39 is 0 Å². The summed E-state index contributed by atoms with van der Waals surface area (Å²) in [6.45, 7) is 0.549. The van der Waals surface area contributed by atoms with Crippen molar-refractivity contribution in [3.63, 3.8) is 0 Å². The van der Waals surface area contributed by atoms with Crippen LogP contribution in [0.5, 0.6) is 0 Å². The molecule has 1 amide bonds. The molecule has 2 rings (SSSR count). The molecular formula is C11H9BrClNO2S. The van der Waals surface area contributed by atoms with Crippen molar-refractivity contribution in [3.05, 3.63) is 43.9 Å². The largest absolute Gasteiger partial charge is 0.440 e. The van der Waals surface area contributed by atoms with E-state index in [9.17, 15) is 4.79 Å². The number of rotatable bonds is 3. The van der Waals surface area contributed by atoms with Gasteiger partial charge in [-0.2, -0.15) is 0 Å². The van der Waals surface area contributed by atoms with Crippen molar-refractivity contribution in [2.75, 3.05) is 7.05 Å². The van der Waals surface area contributed by atoms with Gasteiger partial charge in [0.15, 0.2) is 11.0 Å². The number of thiophene rings is 1. The van der Waals surface area contributed by atoms with Crippen molar-refractivity contribution in [1.82, 2.24) is 4.90 Å². The Labute approximate surface area is 116 Å². The maximum absolute atomic E-state index is 11.9. The average molecular weight is 335 g/mol. The summed E-state index contributed by atoms with van der Waals surface area (Å²) in [5.41, 5.74) is 0. The van der Waals surface area contributed by atoms with Gasteiger partial charge in [0.1, 0.15) is 0 Å². The van der Waals surface area contributed by atoms with Gasteiger partial charge in [0.25, 0.3) is 5.91 Å². The minimum absolute atomic E-state index is 0.179. The van der Waals surface area contributed by atoms with Crippen molar-refractivity contribution in [2.45, 2.75) is 6.54 Å². The monoisotopic (exact) mass is 333 g/mol. The lowest BCUT2D eigenvalue weighted by Gasteiger charge is -2.14. The van der Waals surface area contributed by atoms with Crippen LogP contribution < -0.4 is 0 Å². The zero-order valence-corrected chi connectivity index (χ0v) is 12.1. The van der Waals surface area contributed by atoms with Crippen LogP contribution in [0.1, 0.15) is 15.4 Å². The molecule has 90 valence electrons. The number of halogens is 2. The lowest BCUT2D eigenvalue weighted by molar-refractivity contribution is 0.0755. The van der Waals surface area contributed by atoms with Crippen LogP contribution in [0.2, 0.25) is 5.22 Å². The summed E-state index contributed by atoms with van der Waals surface area (Å²) in [7, 11) is 1.73. The van der Waals surface area contributed by atoms with E-state index in [1.54, 1.807) is 35.4 Å². The Kier molecular flexibility index (Phi) is 3.91. The third kappa shape index (κ3) is 3.12. The summed E-state index contributed by atoms with van der Waals surface area (Å²) < 4.78 is 6.10. The van der Waals surface area contributed by atoms with E-state index in [-0.39, 0.29) is 16.9 Å². The Morgan fingerprint density at radius 1 is 1.59 bits per heavy atom. The molecule has 0 aromatic carbocycles. The lowest BCUT2D eigenvalue weighted by Crippen LogP contribution is -2.25. The number of amides is 1. The van der Waals surface area contributed by atoms with Gasteiger partial charge in [0.2, 0.25) is 0 Å². The van der Waals surface area contributed by atoms with Gasteiger partial charge in [-0.1, -0.05) is 0 Å². The normalized spacial score (nSPS) is 10.5. The smallest absolute Gasteiger partial charge is 0.289 e. The Morgan fingerprint density at radius 2 is 2.35 bits per heavy atom. The summed E-state index contributed by atoms with van der Waals surface area (Å²) in [5.74, 6) is 0.0783. The number of hydrogen-bond acceptors (Lipinski definition) is 3.